The van der Waals surface area contributed by atoms with Crippen molar-refractivity contribution in [1.29, 1.82) is 0 Å². The van der Waals surface area contributed by atoms with Gasteiger partial charge < -0.3 is 14.5 Å². The van der Waals surface area contributed by atoms with Gasteiger partial charge >= 0.3 is 0 Å². The van der Waals surface area contributed by atoms with Gasteiger partial charge in [0.05, 0.1) is 19.3 Å². The maximum Gasteiger partial charge on any atom is 0.268 e. The highest BCUT2D eigenvalue weighted by Crippen LogP contribution is 2.55. The van der Waals surface area contributed by atoms with Crippen molar-refractivity contribution in [3.63, 3.8) is 0 Å². The Morgan fingerprint density at radius 1 is 1.22 bits per heavy atom. The number of carbonyl (C=O) groups excluding carboxylic acids is 2. The molecule has 4 rings (SSSR count). The fourth-order valence-corrected chi connectivity index (χ4v) is 5.39. The molecule has 1 atom stereocenters. The van der Waals surface area contributed by atoms with Crippen LogP contribution in [0.25, 0.3) is 0 Å². The molecule has 1 fully saturated rings. The van der Waals surface area contributed by atoms with E-state index in [1.165, 1.54) is 24.2 Å². The van der Waals surface area contributed by atoms with E-state index in [4.69, 9.17) is 4.74 Å². The average molecular weight is 382 g/mol. The van der Waals surface area contributed by atoms with Crippen LogP contribution in [0.15, 0.2) is 42.5 Å². The third kappa shape index (κ3) is 2.70. The number of nitrogens with zero attached hydrogens (tertiary/aromatic N) is 2. The largest absolute Gasteiger partial charge is 0.497 e. The normalized spacial score (nSPS) is 21.1. The third-order valence-corrected chi connectivity index (χ3v) is 6.66. The molecule has 0 unspecified atom stereocenters. The minimum absolute atomic E-state index is 0.0518. The number of methoxy groups -OCH3 is 1. The first-order valence-corrected chi connectivity index (χ1v) is 9.94. The average Bonchev–Trinajstić information content (AvgIpc) is 3.21. The molecule has 27 heavy (non-hydrogen) atoms. The van der Waals surface area contributed by atoms with Crippen LogP contribution < -0.4 is 9.64 Å². The molecule has 1 saturated heterocycles. The van der Waals surface area contributed by atoms with Gasteiger partial charge in [0, 0.05) is 24.8 Å². The lowest BCUT2D eigenvalue weighted by molar-refractivity contribution is -0.138. The van der Waals surface area contributed by atoms with Crippen LogP contribution in [0.4, 0.5) is 5.69 Å². The number of rotatable bonds is 3. The number of aryl methyl sites for hydroxylation is 1. The Kier molecular flexibility index (Phi) is 4.38. The van der Waals surface area contributed by atoms with Crippen LogP contribution in [0.3, 0.4) is 0 Å². The molecule has 2 heterocycles. The standard InChI is InChI=1S/C21H22N2O3S/c1-14-4-6-16(7-5-14)13-22-19-9-8-17(26-3)12-18(19)21(20(22)25)23(15(2)24)10-11-27-21/h4-9,12H,10-11,13H2,1-3H3/t21-/m0/s1. The summed E-state index contributed by atoms with van der Waals surface area (Å²) in [5.41, 5.74) is 3.94. The summed E-state index contributed by atoms with van der Waals surface area (Å²) in [6.07, 6.45) is 0. The van der Waals surface area contributed by atoms with Gasteiger partial charge in [0.15, 0.2) is 4.87 Å². The van der Waals surface area contributed by atoms with Crippen LogP contribution in [0.1, 0.15) is 23.6 Å². The van der Waals surface area contributed by atoms with Crippen molar-refractivity contribution < 1.29 is 14.3 Å². The van der Waals surface area contributed by atoms with E-state index in [0.717, 1.165) is 22.6 Å². The lowest BCUT2D eigenvalue weighted by Crippen LogP contribution is -2.49. The number of benzene rings is 2. The summed E-state index contributed by atoms with van der Waals surface area (Å²) >= 11 is 1.53. The lowest BCUT2D eigenvalue weighted by Gasteiger charge is -2.32. The van der Waals surface area contributed by atoms with E-state index in [1.807, 2.05) is 49.4 Å². The lowest BCUT2D eigenvalue weighted by atomic mass is 10.1. The highest BCUT2D eigenvalue weighted by molar-refractivity contribution is 8.01. The predicted octanol–water partition coefficient (Wildman–Crippen LogP) is 3.30. The molecule has 2 aliphatic rings. The predicted molar refractivity (Wildman–Crippen MR) is 107 cm³/mol. The molecule has 5 nitrogen and oxygen atoms in total. The molecule has 6 heteroatoms. The van der Waals surface area contributed by atoms with E-state index in [0.29, 0.717) is 18.8 Å². The fraction of sp³-hybridized carbons (Fsp3) is 0.333. The van der Waals surface area contributed by atoms with Crippen molar-refractivity contribution in [2.45, 2.75) is 25.3 Å². The Balaban J connectivity index is 1.82. The Morgan fingerprint density at radius 2 is 1.96 bits per heavy atom. The molecule has 0 aliphatic carbocycles. The number of hydrogen-bond acceptors (Lipinski definition) is 4. The van der Waals surface area contributed by atoms with Crippen LogP contribution in [0.5, 0.6) is 5.75 Å². The fourth-order valence-electron chi connectivity index (χ4n) is 3.89. The summed E-state index contributed by atoms with van der Waals surface area (Å²) in [6, 6.07) is 13.9. The van der Waals surface area contributed by atoms with Crippen molar-refractivity contribution >= 4 is 29.3 Å². The van der Waals surface area contributed by atoms with Crippen molar-refractivity contribution in [3.8, 4) is 5.75 Å². The zero-order chi connectivity index (χ0) is 19.2. The second kappa shape index (κ2) is 6.60. The van der Waals surface area contributed by atoms with E-state index < -0.39 is 4.87 Å². The number of thioether (sulfide) groups is 1. The topological polar surface area (TPSA) is 49.9 Å². The summed E-state index contributed by atoms with van der Waals surface area (Å²) in [5.74, 6) is 1.29. The molecular weight excluding hydrogens is 360 g/mol. The second-order valence-corrected chi connectivity index (χ2v) is 8.21. The Morgan fingerprint density at radius 3 is 2.63 bits per heavy atom. The second-order valence-electron chi connectivity index (χ2n) is 6.92. The molecule has 140 valence electrons. The first-order valence-electron chi connectivity index (χ1n) is 8.95. The van der Waals surface area contributed by atoms with Crippen molar-refractivity contribution in [3.05, 3.63) is 59.2 Å². The summed E-state index contributed by atoms with van der Waals surface area (Å²) in [5, 5.41) is 0. The van der Waals surface area contributed by atoms with Crippen LogP contribution >= 0.6 is 11.8 Å². The van der Waals surface area contributed by atoms with Crippen LogP contribution in [0, 0.1) is 6.92 Å². The van der Waals surface area contributed by atoms with Crippen LogP contribution in [0.2, 0.25) is 0 Å². The van der Waals surface area contributed by atoms with E-state index >= 15 is 0 Å². The molecule has 2 aromatic carbocycles. The number of ether oxygens (including phenoxy) is 1. The number of amides is 2. The summed E-state index contributed by atoms with van der Waals surface area (Å²) in [6.45, 7) is 4.62. The first kappa shape index (κ1) is 17.9. The molecule has 2 aliphatic heterocycles. The number of hydrogen-bond donors (Lipinski definition) is 0. The van der Waals surface area contributed by atoms with Crippen molar-refractivity contribution in [1.82, 2.24) is 4.90 Å². The minimum atomic E-state index is -0.986. The van der Waals surface area contributed by atoms with Crippen molar-refractivity contribution in [2.24, 2.45) is 0 Å². The highest BCUT2D eigenvalue weighted by atomic mass is 32.2. The summed E-state index contributed by atoms with van der Waals surface area (Å²) < 4.78 is 5.40. The van der Waals surface area contributed by atoms with Crippen molar-refractivity contribution in [2.75, 3.05) is 24.3 Å². The Hall–Kier alpha value is -2.47. The zero-order valence-electron chi connectivity index (χ0n) is 15.7. The van der Waals surface area contributed by atoms with Gasteiger partial charge in [-0.3, -0.25) is 9.59 Å². The molecular formula is C21H22N2O3S. The van der Waals surface area contributed by atoms with Gasteiger partial charge in [0.25, 0.3) is 5.91 Å². The molecule has 2 aromatic rings. The van der Waals surface area contributed by atoms with E-state index in [2.05, 4.69) is 0 Å². The first-order chi connectivity index (χ1) is 13.0. The van der Waals surface area contributed by atoms with E-state index in [9.17, 15) is 9.59 Å². The highest BCUT2D eigenvalue weighted by Gasteiger charge is 2.58. The third-order valence-electron chi connectivity index (χ3n) is 5.24. The maximum absolute atomic E-state index is 13.6. The quantitative estimate of drug-likeness (QED) is 0.817. The van der Waals surface area contributed by atoms with E-state index in [1.54, 1.807) is 16.9 Å². The molecule has 0 saturated carbocycles. The molecule has 0 N–H and O–H groups in total. The number of fused-ring (bicyclic) bond motifs is 2. The van der Waals surface area contributed by atoms with Gasteiger partial charge in [-0.1, -0.05) is 29.8 Å². The van der Waals surface area contributed by atoms with Gasteiger partial charge in [0.1, 0.15) is 5.75 Å². The smallest absolute Gasteiger partial charge is 0.268 e. The van der Waals surface area contributed by atoms with Gasteiger partial charge in [-0.2, -0.15) is 0 Å². The molecule has 0 bridgehead atoms. The summed E-state index contributed by atoms with van der Waals surface area (Å²) in [7, 11) is 1.61. The number of anilines is 1. The molecule has 1 spiro atoms. The molecule has 0 radical (unpaired) electrons. The van der Waals surface area contributed by atoms with Gasteiger partial charge in [0.2, 0.25) is 5.91 Å². The monoisotopic (exact) mass is 382 g/mol. The Bertz CT molecular complexity index is 912. The van der Waals surface area contributed by atoms with E-state index in [-0.39, 0.29) is 11.8 Å². The van der Waals surface area contributed by atoms with Crippen LogP contribution in [-0.2, 0) is 21.0 Å². The molecule has 2 amide bonds. The zero-order valence-corrected chi connectivity index (χ0v) is 16.5. The maximum atomic E-state index is 13.6. The van der Waals surface area contributed by atoms with Gasteiger partial charge in [-0.05, 0) is 30.7 Å². The molecule has 0 aromatic heterocycles. The minimum Gasteiger partial charge on any atom is -0.497 e. The van der Waals surface area contributed by atoms with Crippen LogP contribution in [-0.4, -0.2) is 36.1 Å². The number of carbonyl (C=O) groups is 2. The van der Waals surface area contributed by atoms with Gasteiger partial charge in [-0.25, -0.2) is 0 Å². The Labute approximate surface area is 163 Å². The van der Waals surface area contributed by atoms with Gasteiger partial charge in [-0.15, -0.1) is 11.8 Å². The summed E-state index contributed by atoms with van der Waals surface area (Å²) in [4.78, 5) is 28.5. The SMILES string of the molecule is COc1ccc2c(c1)[C@]1(SCCN1C(C)=O)C(=O)N2Cc1ccc(C)cc1.